The summed E-state index contributed by atoms with van der Waals surface area (Å²) in [5.41, 5.74) is -1.33. The van der Waals surface area contributed by atoms with Crippen LogP contribution < -0.4 is 0 Å². The van der Waals surface area contributed by atoms with Gasteiger partial charge in [-0.05, 0) is 27.2 Å². The summed E-state index contributed by atoms with van der Waals surface area (Å²) < 4.78 is 9.95. The highest BCUT2D eigenvalue weighted by molar-refractivity contribution is 5.99. The Morgan fingerprint density at radius 2 is 1.48 bits per heavy atom. The van der Waals surface area contributed by atoms with Gasteiger partial charge < -0.3 is 9.47 Å². The second-order valence-electron chi connectivity index (χ2n) is 5.11. The predicted octanol–water partition coefficient (Wildman–Crippen LogP) is 3.48. The molecule has 21 heavy (non-hydrogen) atoms. The molecular formula is C17H28O4. The summed E-state index contributed by atoms with van der Waals surface area (Å²) in [6, 6.07) is 0. The second kappa shape index (κ2) is 11.2. The third kappa shape index (κ3) is 7.17. The molecule has 0 atom stereocenters. The summed E-state index contributed by atoms with van der Waals surface area (Å²) in [6.45, 7) is 7.59. The highest BCUT2D eigenvalue weighted by atomic mass is 16.6. The monoisotopic (exact) mass is 296 g/mol. The van der Waals surface area contributed by atoms with Crippen molar-refractivity contribution in [2.24, 2.45) is 5.41 Å². The summed E-state index contributed by atoms with van der Waals surface area (Å²) in [4.78, 5) is 24.0. The molecule has 0 saturated carbocycles. The van der Waals surface area contributed by atoms with E-state index in [-0.39, 0.29) is 19.6 Å². The molecule has 0 aliphatic heterocycles. The van der Waals surface area contributed by atoms with E-state index in [9.17, 15) is 9.59 Å². The van der Waals surface area contributed by atoms with Crippen molar-refractivity contribution in [1.82, 2.24) is 0 Å². The van der Waals surface area contributed by atoms with Crippen molar-refractivity contribution in [2.75, 3.05) is 13.2 Å². The summed E-state index contributed by atoms with van der Waals surface area (Å²) in [7, 11) is 0. The Morgan fingerprint density at radius 3 is 1.95 bits per heavy atom. The average Bonchev–Trinajstić information content (AvgIpc) is 2.46. The minimum atomic E-state index is -1.33. The van der Waals surface area contributed by atoms with Gasteiger partial charge in [0.2, 0.25) is 0 Å². The zero-order valence-electron chi connectivity index (χ0n) is 13.8. The molecule has 0 aromatic heterocycles. The summed E-state index contributed by atoms with van der Waals surface area (Å²) in [6.07, 6.45) is 5.55. The van der Waals surface area contributed by atoms with E-state index in [0.717, 1.165) is 19.3 Å². The van der Waals surface area contributed by atoms with Crippen LogP contribution >= 0.6 is 0 Å². The number of rotatable bonds is 9. The molecule has 0 heterocycles. The van der Waals surface area contributed by atoms with E-state index in [1.165, 1.54) is 19.8 Å². The van der Waals surface area contributed by atoms with Gasteiger partial charge >= 0.3 is 11.9 Å². The molecule has 0 aromatic carbocycles. The van der Waals surface area contributed by atoms with Crippen LogP contribution in [0.3, 0.4) is 0 Å². The lowest BCUT2D eigenvalue weighted by atomic mass is 9.87. The number of carbonyl (C=O) groups excluding carboxylic acids is 2. The first-order valence-electron chi connectivity index (χ1n) is 7.83. The lowest BCUT2D eigenvalue weighted by molar-refractivity contribution is -0.170. The first-order chi connectivity index (χ1) is 10.0. The number of carbonyl (C=O) groups is 2. The van der Waals surface area contributed by atoms with Crippen LogP contribution in [0.2, 0.25) is 0 Å². The third-order valence-corrected chi connectivity index (χ3v) is 3.17. The second-order valence-corrected chi connectivity index (χ2v) is 5.11. The van der Waals surface area contributed by atoms with Crippen LogP contribution in [0, 0.1) is 17.3 Å². The van der Waals surface area contributed by atoms with Crippen LogP contribution in [-0.2, 0) is 19.1 Å². The molecule has 0 rings (SSSR count). The third-order valence-electron chi connectivity index (χ3n) is 3.17. The van der Waals surface area contributed by atoms with Gasteiger partial charge in [0.05, 0.1) is 13.2 Å². The maximum atomic E-state index is 12.0. The van der Waals surface area contributed by atoms with Crippen molar-refractivity contribution in [3.8, 4) is 11.8 Å². The standard InChI is InChI=1S/C17H28O4/c1-5-8-9-10-11-12-13-14-17(4,15(18)20-6-2)16(19)21-7-3/h5-11,14H2,1-4H3. The molecule has 0 amide bonds. The van der Waals surface area contributed by atoms with Crippen LogP contribution in [-0.4, -0.2) is 25.2 Å². The van der Waals surface area contributed by atoms with Crippen LogP contribution in [0.1, 0.15) is 66.2 Å². The summed E-state index contributed by atoms with van der Waals surface area (Å²) in [5, 5.41) is 0. The molecule has 0 spiro atoms. The molecule has 0 aromatic rings. The Labute approximate surface area is 128 Å². The molecule has 0 aliphatic carbocycles. The molecule has 0 bridgehead atoms. The Hall–Kier alpha value is -1.50. The van der Waals surface area contributed by atoms with Crippen molar-refractivity contribution in [2.45, 2.75) is 66.2 Å². The minimum Gasteiger partial charge on any atom is -0.465 e. The molecule has 0 radical (unpaired) electrons. The molecule has 0 saturated heterocycles. The van der Waals surface area contributed by atoms with E-state index >= 15 is 0 Å². The normalized spacial score (nSPS) is 10.5. The van der Waals surface area contributed by atoms with Crippen LogP contribution in [0.4, 0.5) is 0 Å². The zero-order valence-corrected chi connectivity index (χ0v) is 13.8. The molecule has 0 aliphatic rings. The molecule has 0 unspecified atom stereocenters. The van der Waals surface area contributed by atoms with Gasteiger partial charge in [-0.3, -0.25) is 9.59 Å². The van der Waals surface area contributed by atoms with E-state index in [4.69, 9.17) is 9.47 Å². The number of hydrogen-bond acceptors (Lipinski definition) is 4. The Kier molecular flexibility index (Phi) is 10.4. The fourth-order valence-electron chi connectivity index (χ4n) is 1.78. The first-order valence-corrected chi connectivity index (χ1v) is 7.83. The van der Waals surface area contributed by atoms with Crippen molar-refractivity contribution in [3.63, 3.8) is 0 Å². The number of hydrogen-bond donors (Lipinski definition) is 0. The topological polar surface area (TPSA) is 52.6 Å². The molecule has 120 valence electrons. The van der Waals surface area contributed by atoms with Crippen molar-refractivity contribution in [3.05, 3.63) is 0 Å². The van der Waals surface area contributed by atoms with Gasteiger partial charge in [0.1, 0.15) is 0 Å². The van der Waals surface area contributed by atoms with Crippen LogP contribution in [0.5, 0.6) is 0 Å². The maximum absolute atomic E-state index is 12.0. The molecule has 4 heteroatoms. The maximum Gasteiger partial charge on any atom is 0.324 e. The van der Waals surface area contributed by atoms with Crippen molar-refractivity contribution in [1.29, 1.82) is 0 Å². The Balaban J connectivity index is 4.58. The van der Waals surface area contributed by atoms with Gasteiger partial charge in [0, 0.05) is 12.8 Å². The average molecular weight is 296 g/mol. The fraction of sp³-hybridized carbons (Fsp3) is 0.765. The number of ether oxygens (including phenoxy) is 2. The van der Waals surface area contributed by atoms with E-state index in [1.54, 1.807) is 13.8 Å². The molecule has 0 N–H and O–H groups in total. The Morgan fingerprint density at radius 1 is 0.905 bits per heavy atom. The Bertz CT molecular complexity index is 358. The summed E-state index contributed by atoms with van der Waals surface area (Å²) in [5.74, 6) is 4.83. The zero-order chi connectivity index (χ0) is 16.1. The summed E-state index contributed by atoms with van der Waals surface area (Å²) >= 11 is 0. The van der Waals surface area contributed by atoms with E-state index in [2.05, 4.69) is 18.8 Å². The first kappa shape index (κ1) is 19.5. The SMILES string of the molecule is CCCCCCC#CCC(C)(C(=O)OCC)C(=O)OCC. The lowest BCUT2D eigenvalue weighted by Gasteiger charge is -2.22. The number of esters is 2. The van der Waals surface area contributed by atoms with Gasteiger partial charge in [-0.25, -0.2) is 0 Å². The van der Waals surface area contributed by atoms with Crippen molar-refractivity contribution < 1.29 is 19.1 Å². The highest BCUT2D eigenvalue weighted by Crippen LogP contribution is 2.25. The lowest BCUT2D eigenvalue weighted by Crippen LogP contribution is -2.39. The van der Waals surface area contributed by atoms with Crippen LogP contribution in [0.25, 0.3) is 0 Å². The molecule has 4 nitrogen and oxygen atoms in total. The van der Waals surface area contributed by atoms with Gasteiger partial charge in [0.15, 0.2) is 5.41 Å². The van der Waals surface area contributed by atoms with E-state index in [1.807, 2.05) is 0 Å². The van der Waals surface area contributed by atoms with Gasteiger partial charge in [-0.1, -0.05) is 26.2 Å². The van der Waals surface area contributed by atoms with Gasteiger partial charge in [-0.2, -0.15) is 0 Å². The van der Waals surface area contributed by atoms with Gasteiger partial charge in [0.25, 0.3) is 0 Å². The van der Waals surface area contributed by atoms with E-state index in [0.29, 0.717) is 0 Å². The quantitative estimate of drug-likeness (QED) is 0.283. The van der Waals surface area contributed by atoms with Gasteiger partial charge in [-0.15, -0.1) is 11.8 Å². The van der Waals surface area contributed by atoms with E-state index < -0.39 is 17.4 Å². The smallest absolute Gasteiger partial charge is 0.324 e. The largest absolute Gasteiger partial charge is 0.465 e. The molecular weight excluding hydrogens is 268 g/mol. The predicted molar refractivity (Wildman–Crippen MR) is 82.5 cm³/mol. The fourth-order valence-corrected chi connectivity index (χ4v) is 1.78. The van der Waals surface area contributed by atoms with Crippen molar-refractivity contribution >= 4 is 11.9 Å². The number of unbranched alkanes of at least 4 members (excludes halogenated alkanes) is 4. The highest BCUT2D eigenvalue weighted by Gasteiger charge is 2.43. The minimum absolute atomic E-state index is 0.137. The molecule has 0 fully saturated rings. The van der Waals surface area contributed by atoms with Crippen LogP contribution in [0.15, 0.2) is 0 Å².